The van der Waals surface area contributed by atoms with E-state index in [-0.39, 0.29) is 0 Å². The zero-order valence-corrected chi connectivity index (χ0v) is 10.2. The van der Waals surface area contributed by atoms with Crippen LogP contribution in [0.5, 0.6) is 0 Å². The first kappa shape index (κ1) is 13.0. The zero-order valence-electron chi connectivity index (χ0n) is 10.2. The van der Waals surface area contributed by atoms with Crippen molar-refractivity contribution in [1.29, 1.82) is 0 Å². The van der Waals surface area contributed by atoms with E-state index in [1.807, 2.05) is 42.3 Å². The van der Waals surface area contributed by atoms with E-state index in [9.17, 15) is 0 Å². The van der Waals surface area contributed by atoms with Crippen LogP contribution in [0.25, 0.3) is 6.08 Å². The second-order valence-electron chi connectivity index (χ2n) is 3.51. The van der Waals surface area contributed by atoms with E-state index >= 15 is 0 Å². The summed E-state index contributed by atoms with van der Waals surface area (Å²) in [6.07, 6.45) is 9.14. The van der Waals surface area contributed by atoms with Crippen molar-refractivity contribution in [2.24, 2.45) is 4.99 Å². The van der Waals surface area contributed by atoms with Crippen molar-refractivity contribution in [3.63, 3.8) is 0 Å². The Kier molecular flexibility index (Phi) is 5.52. The van der Waals surface area contributed by atoms with E-state index in [1.54, 1.807) is 12.5 Å². The molecule has 0 fully saturated rings. The van der Waals surface area contributed by atoms with Crippen molar-refractivity contribution in [2.75, 3.05) is 0 Å². The summed E-state index contributed by atoms with van der Waals surface area (Å²) >= 11 is 0. The highest BCUT2D eigenvalue weighted by Crippen LogP contribution is 2.06. The Morgan fingerprint density at radius 1 is 1.24 bits per heavy atom. The maximum atomic E-state index is 4.34. The minimum Gasteiger partial charge on any atom is -0.316 e. The molecule has 0 spiro atoms. The smallest absolute Gasteiger partial charge is 0.0934 e. The number of allylic oxidation sites excluding steroid dienone is 1. The largest absolute Gasteiger partial charge is 0.316 e. The lowest BCUT2D eigenvalue weighted by Gasteiger charge is -2.06. The summed E-state index contributed by atoms with van der Waals surface area (Å²) in [4.78, 5) is 6.16. The molecule has 88 valence electrons. The Bertz CT molecular complexity index is 413. The number of hydrogen-bond acceptors (Lipinski definition) is 1. The lowest BCUT2D eigenvalue weighted by Crippen LogP contribution is -2.05. The molecular formula is C15H18N2. The lowest BCUT2D eigenvalue weighted by atomic mass is 10.1. The predicted octanol–water partition coefficient (Wildman–Crippen LogP) is 3.84. The fourth-order valence-corrected chi connectivity index (χ4v) is 1.32. The van der Waals surface area contributed by atoms with Gasteiger partial charge in [-0.2, -0.15) is 0 Å². The van der Waals surface area contributed by atoms with E-state index in [4.69, 9.17) is 0 Å². The topological polar surface area (TPSA) is 15.6 Å². The molecule has 0 saturated carbocycles. The summed E-state index contributed by atoms with van der Waals surface area (Å²) in [5, 5.41) is 0. The van der Waals surface area contributed by atoms with Crippen LogP contribution in [0.15, 0.2) is 60.9 Å². The van der Waals surface area contributed by atoms with Crippen LogP contribution in [0.2, 0.25) is 0 Å². The van der Waals surface area contributed by atoms with Gasteiger partial charge in [0, 0.05) is 12.4 Å². The molecule has 0 atom stereocenters. The van der Waals surface area contributed by atoms with Crippen molar-refractivity contribution in [1.82, 2.24) is 4.90 Å². The molecule has 0 aliphatic carbocycles. The molecule has 17 heavy (non-hydrogen) atoms. The van der Waals surface area contributed by atoms with E-state index in [2.05, 4.69) is 30.3 Å². The lowest BCUT2D eigenvalue weighted by molar-refractivity contribution is 0.775. The van der Waals surface area contributed by atoms with Crippen LogP contribution in [-0.2, 0) is 6.54 Å². The molecule has 0 aliphatic heterocycles. The molecule has 1 rings (SSSR count). The minimum absolute atomic E-state index is 0.666. The van der Waals surface area contributed by atoms with Crippen LogP contribution in [0.4, 0.5) is 0 Å². The van der Waals surface area contributed by atoms with Gasteiger partial charge in [-0.15, -0.1) is 0 Å². The van der Waals surface area contributed by atoms with E-state index in [0.717, 1.165) is 5.56 Å². The quantitative estimate of drug-likeness (QED) is 0.531. The Morgan fingerprint density at radius 2 is 1.94 bits per heavy atom. The monoisotopic (exact) mass is 226 g/mol. The molecule has 0 N–H and O–H groups in total. The fraction of sp³-hybridized carbons (Fsp3) is 0.133. The van der Waals surface area contributed by atoms with Gasteiger partial charge in [0.25, 0.3) is 0 Å². The van der Waals surface area contributed by atoms with E-state index in [1.165, 1.54) is 5.56 Å². The molecule has 1 aromatic rings. The summed E-state index contributed by atoms with van der Waals surface area (Å²) in [6.45, 7) is 10.0. The number of benzene rings is 1. The Morgan fingerprint density at radius 3 is 2.47 bits per heavy atom. The first-order chi connectivity index (χ1) is 8.30. The fourth-order valence-electron chi connectivity index (χ4n) is 1.32. The second kappa shape index (κ2) is 7.23. The van der Waals surface area contributed by atoms with Crippen LogP contribution in [0, 0.1) is 0 Å². The highest BCUT2D eigenvalue weighted by molar-refractivity contribution is 5.58. The highest BCUT2D eigenvalue weighted by Gasteiger charge is 1.91. The molecule has 0 unspecified atom stereocenters. The van der Waals surface area contributed by atoms with Gasteiger partial charge in [0.2, 0.25) is 0 Å². The van der Waals surface area contributed by atoms with Gasteiger partial charge < -0.3 is 4.90 Å². The summed E-state index contributed by atoms with van der Waals surface area (Å²) < 4.78 is 0. The summed E-state index contributed by atoms with van der Waals surface area (Å²) in [5.74, 6) is 0. The van der Waals surface area contributed by atoms with Crippen LogP contribution in [0.1, 0.15) is 18.1 Å². The molecular weight excluding hydrogens is 208 g/mol. The van der Waals surface area contributed by atoms with Crippen molar-refractivity contribution in [2.45, 2.75) is 13.5 Å². The van der Waals surface area contributed by atoms with Crippen LogP contribution in [-0.4, -0.2) is 11.2 Å². The molecule has 0 aliphatic rings. The van der Waals surface area contributed by atoms with Gasteiger partial charge in [0.15, 0.2) is 0 Å². The van der Waals surface area contributed by atoms with Gasteiger partial charge in [0.1, 0.15) is 0 Å². The third-order valence-electron chi connectivity index (χ3n) is 2.24. The molecule has 2 nitrogen and oxygen atoms in total. The third kappa shape index (κ3) is 4.51. The first-order valence-corrected chi connectivity index (χ1v) is 5.54. The van der Waals surface area contributed by atoms with Gasteiger partial charge in [-0.25, -0.2) is 0 Å². The number of hydrogen-bond donors (Lipinski definition) is 0. The van der Waals surface area contributed by atoms with Gasteiger partial charge in [-0.3, -0.25) is 4.99 Å². The molecule has 0 saturated heterocycles. The first-order valence-electron chi connectivity index (χ1n) is 5.54. The summed E-state index contributed by atoms with van der Waals surface area (Å²) in [5.41, 5.74) is 2.30. The minimum atomic E-state index is 0.666. The molecule has 0 bridgehead atoms. The van der Waals surface area contributed by atoms with Crippen LogP contribution in [0.3, 0.4) is 0 Å². The maximum absolute atomic E-state index is 4.34. The van der Waals surface area contributed by atoms with E-state index in [0.29, 0.717) is 6.54 Å². The molecule has 2 heteroatoms. The van der Waals surface area contributed by atoms with Crippen LogP contribution >= 0.6 is 0 Å². The Balaban J connectivity index is 2.56. The molecule has 0 amide bonds. The highest BCUT2D eigenvalue weighted by atomic mass is 15.1. The maximum Gasteiger partial charge on any atom is 0.0934 e. The predicted molar refractivity (Wildman–Crippen MR) is 75.6 cm³/mol. The Hall–Kier alpha value is -2.09. The van der Waals surface area contributed by atoms with Crippen molar-refractivity contribution in [3.05, 3.63) is 67.0 Å². The summed E-state index contributed by atoms with van der Waals surface area (Å²) in [6, 6.07) is 8.19. The SMILES string of the molecule is C=Cc1ccc(C/N=C/N(C=C)/C=C\C)cc1. The molecule has 0 aromatic heterocycles. The zero-order chi connectivity index (χ0) is 12.5. The number of rotatable bonds is 6. The number of aliphatic imine (C=N–C) groups is 1. The van der Waals surface area contributed by atoms with E-state index < -0.39 is 0 Å². The number of nitrogens with zero attached hydrogens (tertiary/aromatic N) is 2. The third-order valence-corrected chi connectivity index (χ3v) is 2.24. The standard InChI is InChI=1S/C15H18N2/c1-4-11-17(6-3)13-16-12-15-9-7-14(5-2)8-10-15/h4-11,13H,2-3,12H2,1H3/b11-4-,16-13+. The van der Waals surface area contributed by atoms with Crippen molar-refractivity contribution < 1.29 is 0 Å². The average molecular weight is 226 g/mol. The van der Waals surface area contributed by atoms with Gasteiger partial charge in [-0.1, -0.05) is 49.6 Å². The average Bonchev–Trinajstić information content (AvgIpc) is 2.38. The molecule has 0 heterocycles. The summed E-state index contributed by atoms with van der Waals surface area (Å²) in [7, 11) is 0. The van der Waals surface area contributed by atoms with Crippen LogP contribution < -0.4 is 0 Å². The van der Waals surface area contributed by atoms with Gasteiger partial charge in [0.05, 0.1) is 12.9 Å². The van der Waals surface area contributed by atoms with Crippen molar-refractivity contribution >= 4 is 12.4 Å². The molecule has 0 radical (unpaired) electrons. The normalized spacial score (nSPS) is 10.9. The van der Waals surface area contributed by atoms with Crippen molar-refractivity contribution in [3.8, 4) is 0 Å². The molecule has 1 aromatic carbocycles. The van der Waals surface area contributed by atoms with Gasteiger partial charge in [-0.05, 0) is 18.1 Å². The van der Waals surface area contributed by atoms with Gasteiger partial charge >= 0.3 is 0 Å². The second-order valence-corrected chi connectivity index (χ2v) is 3.51. The Labute approximate surface area is 103 Å².